The number of carbonyl (C=O) groups excluding carboxylic acids is 1. The third-order valence-corrected chi connectivity index (χ3v) is 3.40. The van der Waals surface area contributed by atoms with Crippen LogP contribution >= 0.6 is 11.8 Å². The molecule has 1 aliphatic carbocycles. The van der Waals surface area contributed by atoms with E-state index in [0.29, 0.717) is 17.7 Å². The molecule has 0 atom stereocenters. The van der Waals surface area contributed by atoms with Crippen molar-refractivity contribution in [2.75, 3.05) is 24.6 Å². The largest absolute Gasteiger partial charge is 0.339 e. The lowest BCUT2D eigenvalue weighted by Gasteiger charge is -2.19. The lowest BCUT2D eigenvalue weighted by atomic mass is 10.4. The van der Waals surface area contributed by atoms with Crippen LogP contribution in [0.4, 0.5) is 0 Å². The highest BCUT2D eigenvalue weighted by atomic mass is 32.2. The zero-order chi connectivity index (χ0) is 10.4. The van der Waals surface area contributed by atoms with Gasteiger partial charge in [0.25, 0.3) is 0 Å². The summed E-state index contributed by atoms with van der Waals surface area (Å²) in [6.45, 7) is 3.64. The van der Waals surface area contributed by atoms with E-state index in [9.17, 15) is 4.79 Å². The summed E-state index contributed by atoms with van der Waals surface area (Å²) in [5, 5.41) is 0. The minimum atomic E-state index is 0.303. The standard InChI is InChI=1S/C10H20N2OS/c1-2-12(9-4-5-9)10(13)8-14-7-3-6-11/h9H,2-8,11H2,1H3. The molecule has 0 aromatic heterocycles. The fourth-order valence-electron chi connectivity index (χ4n) is 1.45. The number of amides is 1. The summed E-state index contributed by atoms with van der Waals surface area (Å²) in [6, 6.07) is 0.558. The molecule has 1 amide bonds. The molecule has 82 valence electrons. The normalized spacial score (nSPS) is 15.6. The summed E-state index contributed by atoms with van der Waals surface area (Å²) in [5.41, 5.74) is 5.38. The molecule has 1 saturated carbocycles. The third kappa shape index (κ3) is 3.88. The first-order valence-electron chi connectivity index (χ1n) is 5.36. The fourth-order valence-corrected chi connectivity index (χ4v) is 2.31. The number of nitrogens with zero attached hydrogens (tertiary/aromatic N) is 1. The lowest BCUT2D eigenvalue weighted by molar-refractivity contribution is -0.128. The third-order valence-electron chi connectivity index (χ3n) is 2.37. The molecule has 0 aromatic carbocycles. The van der Waals surface area contributed by atoms with E-state index in [1.165, 1.54) is 12.8 Å². The molecule has 0 unspecified atom stereocenters. The number of carbonyl (C=O) groups is 1. The van der Waals surface area contributed by atoms with Gasteiger partial charge in [0.05, 0.1) is 5.75 Å². The monoisotopic (exact) mass is 216 g/mol. The van der Waals surface area contributed by atoms with Crippen LogP contribution in [0.2, 0.25) is 0 Å². The molecule has 4 heteroatoms. The molecule has 0 bridgehead atoms. The Bertz CT molecular complexity index is 183. The second-order valence-corrected chi connectivity index (χ2v) is 4.71. The van der Waals surface area contributed by atoms with Crippen molar-refractivity contribution >= 4 is 17.7 Å². The van der Waals surface area contributed by atoms with Gasteiger partial charge in [0.2, 0.25) is 5.91 Å². The molecule has 0 saturated heterocycles. The summed E-state index contributed by atoms with van der Waals surface area (Å²) in [5.74, 6) is 1.94. The Kier molecular flexibility index (Phi) is 5.33. The first-order valence-corrected chi connectivity index (χ1v) is 6.52. The van der Waals surface area contributed by atoms with Gasteiger partial charge in [-0.3, -0.25) is 4.79 Å². The van der Waals surface area contributed by atoms with Crippen molar-refractivity contribution in [2.24, 2.45) is 5.73 Å². The predicted octanol–water partition coefficient (Wildman–Crippen LogP) is 1.08. The first kappa shape index (κ1) is 11.9. The van der Waals surface area contributed by atoms with E-state index < -0.39 is 0 Å². The maximum absolute atomic E-state index is 11.7. The zero-order valence-electron chi connectivity index (χ0n) is 8.87. The molecular formula is C10H20N2OS. The minimum Gasteiger partial charge on any atom is -0.339 e. The second kappa shape index (κ2) is 6.30. The summed E-state index contributed by atoms with van der Waals surface area (Å²) in [7, 11) is 0. The predicted molar refractivity (Wildman–Crippen MR) is 61.4 cm³/mol. The quantitative estimate of drug-likeness (QED) is 0.648. The smallest absolute Gasteiger partial charge is 0.232 e. The number of thioether (sulfide) groups is 1. The van der Waals surface area contributed by atoms with Crippen LogP contribution in [-0.2, 0) is 4.79 Å². The van der Waals surface area contributed by atoms with Crippen LogP contribution in [0.15, 0.2) is 0 Å². The molecule has 0 spiro atoms. The summed E-state index contributed by atoms with van der Waals surface area (Å²) < 4.78 is 0. The summed E-state index contributed by atoms with van der Waals surface area (Å²) in [4.78, 5) is 13.7. The van der Waals surface area contributed by atoms with Crippen LogP contribution in [0.5, 0.6) is 0 Å². The van der Waals surface area contributed by atoms with E-state index in [2.05, 4.69) is 6.92 Å². The van der Waals surface area contributed by atoms with Crippen molar-refractivity contribution in [1.82, 2.24) is 4.90 Å². The van der Waals surface area contributed by atoms with Gasteiger partial charge in [-0.05, 0) is 38.5 Å². The summed E-state index contributed by atoms with van der Waals surface area (Å²) in [6.07, 6.45) is 3.41. The van der Waals surface area contributed by atoms with Crippen LogP contribution in [0.25, 0.3) is 0 Å². The molecule has 2 N–H and O–H groups in total. The molecule has 0 heterocycles. The molecular weight excluding hydrogens is 196 g/mol. The van der Waals surface area contributed by atoms with Crippen molar-refractivity contribution in [3.05, 3.63) is 0 Å². The van der Waals surface area contributed by atoms with Gasteiger partial charge in [-0.1, -0.05) is 0 Å². The van der Waals surface area contributed by atoms with Gasteiger partial charge >= 0.3 is 0 Å². The van der Waals surface area contributed by atoms with Gasteiger partial charge in [0.1, 0.15) is 0 Å². The van der Waals surface area contributed by atoms with Gasteiger partial charge < -0.3 is 10.6 Å². The molecule has 0 radical (unpaired) electrons. The highest BCUT2D eigenvalue weighted by molar-refractivity contribution is 7.99. The van der Waals surface area contributed by atoms with E-state index in [4.69, 9.17) is 5.73 Å². The van der Waals surface area contributed by atoms with Gasteiger partial charge in [-0.2, -0.15) is 11.8 Å². The minimum absolute atomic E-state index is 0.303. The van der Waals surface area contributed by atoms with Crippen LogP contribution < -0.4 is 5.73 Å². The number of rotatable bonds is 7. The Labute approximate surface area is 90.4 Å². The topological polar surface area (TPSA) is 46.3 Å². The molecule has 14 heavy (non-hydrogen) atoms. The maximum atomic E-state index is 11.7. The first-order chi connectivity index (χ1) is 6.79. The highest BCUT2D eigenvalue weighted by Crippen LogP contribution is 2.27. The second-order valence-electron chi connectivity index (χ2n) is 3.61. The van der Waals surface area contributed by atoms with E-state index in [1.54, 1.807) is 11.8 Å². The SMILES string of the molecule is CCN(C(=O)CSCCCN)C1CC1. The van der Waals surface area contributed by atoms with Crippen LogP contribution in [0.1, 0.15) is 26.2 Å². The Morgan fingerprint density at radius 2 is 2.29 bits per heavy atom. The average molecular weight is 216 g/mol. The number of nitrogens with two attached hydrogens (primary N) is 1. The van der Waals surface area contributed by atoms with Crippen molar-refractivity contribution < 1.29 is 4.79 Å². The molecule has 0 aromatic rings. The molecule has 3 nitrogen and oxygen atoms in total. The van der Waals surface area contributed by atoms with Crippen LogP contribution in [0.3, 0.4) is 0 Å². The van der Waals surface area contributed by atoms with E-state index in [0.717, 1.165) is 25.3 Å². The Hall–Kier alpha value is -0.220. The average Bonchev–Trinajstić information content (AvgIpc) is 2.98. The van der Waals surface area contributed by atoms with Gasteiger partial charge in [0, 0.05) is 12.6 Å². The van der Waals surface area contributed by atoms with Crippen molar-refractivity contribution in [3.8, 4) is 0 Å². The fraction of sp³-hybridized carbons (Fsp3) is 0.900. The van der Waals surface area contributed by atoms with Crippen LogP contribution in [0, 0.1) is 0 Å². The van der Waals surface area contributed by atoms with E-state index in [1.807, 2.05) is 4.90 Å². The molecule has 1 fully saturated rings. The molecule has 1 aliphatic rings. The van der Waals surface area contributed by atoms with Gasteiger partial charge in [0.15, 0.2) is 0 Å². The number of hydrogen-bond donors (Lipinski definition) is 1. The van der Waals surface area contributed by atoms with E-state index in [-0.39, 0.29) is 0 Å². The number of hydrogen-bond acceptors (Lipinski definition) is 3. The van der Waals surface area contributed by atoms with Crippen molar-refractivity contribution in [3.63, 3.8) is 0 Å². The molecule has 1 rings (SSSR count). The van der Waals surface area contributed by atoms with Gasteiger partial charge in [-0.25, -0.2) is 0 Å². The van der Waals surface area contributed by atoms with E-state index >= 15 is 0 Å². The van der Waals surface area contributed by atoms with Crippen molar-refractivity contribution in [1.29, 1.82) is 0 Å². The lowest BCUT2D eigenvalue weighted by Crippen LogP contribution is -2.34. The Balaban J connectivity index is 2.12. The Morgan fingerprint density at radius 3 is 2.79 bits per heavy atom. The van der Waals surface area contributed by atoms with Crippen LogP contribution in [-0.4, -0.2) is 41.4 Å². The van der Waals surface area contributed by atoms with Gasteiger partial charge in [-0.15, -0.1) is 0 Å². The highest BCUT2D eigenvalue weighted by Gasteiger charge is 2.30. The molecule has 0 aliphatic heterocycles. The maximum Gasteiger partial charge on any atom is 0.232 e. The summed E-state index contributed by atoms with van der Waals surface area (Å²) >= 11 is 1.70. The zero-order valence-corrected chi connectivity index (χ0v) is 9.68. The Morgan fingerprint density at radius 1 is 1.57 bits per heavy atom. The van der Waals surface area contributed by atoms with Crippen molar-refractivity contribution in [2.45, 2.75) is 32.2 Å².